The first-order chi connectivity index (χ1) is 15.4. The maximum Gasteiger partial charge on any atom is 0.431 e. The van der Waals surface area contributed by atoms with Gasteiger partial charge in [0.2, 0.25) is 0 Å². The summed E-state index contributed by atoms with van der Waals surface area (Å²) < 4.78 is 60.0. The number of rotatable bonds is 6. The molecule has 2 heterocycles. The summed E-state index contributed by atoms with van der Waals surface area (Å²) in [5.41, 5.74) is -4.95. The first kappa shape index (κ1) is 24.5. The van der Waals surface area contributed by atoms with Crippen LogP contribution >= 0.6 is 23.4 Å². The van der Waals surface area contributed by atoms with Crippen molar-refractivity contribution >= 4 is 29.1 Å². The van der Waals surface area contributed by atoms with Crippen molar-refractivity contribution in [2.75, 3.05) is 5.75 Å². The fraction of sp³-hybridized carbons (Fsp3) is 0.200. The fourth-order valence-electron chi connectivity index (χ4n) is 2.74. The van der Waals surface area contributed by atoms with Crippen LogP contribution in [0, 0.1) is 5.82 Å². The summed E-state index contributed by atoms with van der Waals surface area (Å²) in [6.45, 7) is 1.39. The number of carbonyl (C=O) groups is 1. The van der Waals surface area contributed by atoms with Crippen LogP contribution in [-0.2, 0) is 18.0 Å². The number of thioether (sulfide) groups is 1. The standard InChI is InChI=1S/C20H14ClF4N3O4S/c1-10(29)9-33-18-14(4-3-5-26-18)32-15-7-13(12(22)6-11(15)21)28-17(30)8-16(20(23,24)25)27(2)19(28)31/h3-8H,9H2,1-2H3. The Balaban J connectivity index is 2.12. The lowest BCUT2D eigenvalue weighted by Crippen LogP contribution is -2.41. The molecule has 1 aromatic carbocycles. The summed E-state index contributed by atoms with van der Waals surface area (Å²) in [5.74, 6) is -1.19. The van der Waals surface area contributed by atoms with Crippen LogP contribution in [0.4, 0.5) is 17.6 Å². The van der Waals surface area contributed by atoms with Crippen molar-refractivity contribution in [2.45, 2.75) is 18.1 Å². The van der Waals surface area contributed by atoms with Crippen LogP contribution in [0.2, 0.25) is 5.02 Å². The van der Waals surface area contributed by atoms with Gasteiger partial charge in [-0.25, -0.2) is 18.7 Å². The van der Waals surface area contributed by atoms with E-state index in [0.29, 0.717) is 5.03 Å². The van der Waals surface area contributed by atoms with E-state index in [0.717, 1.165) is 30.9 Å². The first-order valence-electron chi connectivity index (χ1n) is 9.05. The maximum absolute atomic E-state index is 14.6. The fourth-order valence-corrected chi connectivity index (χ4v) is 3.65. The topological polar surface area (TPSA) is 83.2 Å². The Kier molecular flexibility index (Phi) is 6.98. The first-order valence-corrected chi connectivity index (χ1v) is 10.4. The lowest BCUT2D eigenvalue weighted by Gasteiger charge is -2.16. The second-order valence-electron chi connectivity index (χ2n) is 6.68. The number of alkyl halides is 3. The molecule has 0 spiro atoms. The van der Waals surface area contributed by atoms with E-state index in [9.17, 15) is 31.9 Å². The van der Waals surface area contributed by atoms with Crippen LogP contribution in [0.15, 0.2) is 51.1 Å². The van der Waals surface area contributed by atoms with Gasteiger partial charge in [0.15, 0.2) is 5.75 Å². The summed E-state index contributed by atoms with van der Waals surface area (Å²) in [6.07, 6.45) is -3.51. The molecular formula is C20H14ClF4N3O4S. The van der Waals surface area contributed by atoms with Gasteiger partial charge in [0.1, 0.15) is 28.1 Å². The van der Waals surface area contributed by atoms with Gasteiger partial charge in [-0.15, -0.1) is 0 Å². The molecule has 0 fully saturated rings. The highest BCUT2D eigenvalue weighted by Gasteiger charge is 2.35. The Morgan fingerprint density at radius 1 is 1.21 bits per heavy atom. The van der Waals surface area contributed by atoms with Gasteiger partial charge in [-0.1, -0.05) is 23.4 Å². The molecule has 0 aliphatic heterocycles. The number of aromatic nitrogens is 3. The molecule has 3 rings (SSSR count). The van der Waals surface area contributed by atoms with Crippen molar-refractivity contribution in [1.82, 2.24) is 14.1 Å². The molecule has 0 saturated carbocycles. The molecule has 2 aromatic heterocycles. The van der Waals surface area contributed by atoms with Crippen molar-refractivity contribution in [2.24, 2.45) is 7.05 Å². The van der Waals surface area contributed by atoms with Crippen molar-refractivity contribution < 1.29 is 27.1 Å². The van der Waals surface area contributed by atoms with E-state index < -0.39 is 34.6 Å². The van der Waals surface area contributed by atoms with Crippen molar-refractivity contribution in [1.29, 1.82) is 0 Å². The Morgan fingerprint density at radius 3 is 2.55 bits per heavy atom. The van der Waals surface area contributed by atoms with Crippen LogP contribution < -0.4 is 16.0 Å². The number of pyridine rings is 1. The van der Waals surface area contributed by atoms with Gasteiger partial charge in [-0.05, 0) is 25.1 Å². The number of hydrogen-bond donors (Lipinski definition) is 0. The average molecular weight is 504 g/mol. The van der Waals surface area contributed by atoms with Gasteiger partial charge >= 0.3 is 11.9 Å². The summed E-state index contributed by atoms with van der Waals surface area (Å²) in [4.78, 5) is 40.2. The normalized spacial score (nSPS) is 11.5. The summed E-state index contributed by atoms with van der Waals surface area (Å²) >= 11 is 7.13. The summed E-state index contributed by atoms with van der Waals surface area (Å²) in [5, 5.41) is 0.0802. The third-order valence-corrected chi connectivity index (χ3v) is 5.65. The lowest BCUT2D eigenvalue weighted by atomic mass is 10.2. The Bertz CT molecular complexity index is 1350. The van der Waals surface area contributed by atoms with Gasteiger partial charge in [-0.2, -0.15) is 13.2 Å². The molecular weight excluding hydrogens is 490 g/mol. The highest BCUT2D eigenvalue weighted by atomic mass is 35.5. The molecule has 3 aromatic rings. The van der Waals surface area contributed by atoms with E-state index in [2.05, 4.69) is 4.98 Å². The van der Waals surface area contributed by atoms with Crippen LogP contribution in [0.25, 0.3) is 5.69 Å². The minimum absolute atomic E-state index is 0.104. The summed E-state index contributed by atoms with van der Waals surface area (Å²) in [7, 11) is 0.806. The number of carbonyl (C=O) groups excluding carboxylic acids is 1. The van der Waals surface area contributed by atoms with Gasteiger partial charge in [0.25, 0.3) is 5.56 Å². The lowest BCUT2D eigenvalue weighted by molar-refractivity contribution is -0.144. The van der Waals surface area contributed by atoms with Crippen LogP contribution in [0.5, 0.6) is 11.5 Å². The number of ether oxygens (including phenoxy) is 1. The molecule has 0 atom stereocenters. The number of halogens is 5. The van der Waals surface area contributed by atoms with Crippen LogP contribution in [0.3, 0.4) is 0 Å². The molecule has 0 aliphatic carbocycles. The monoisotopic (exact) mass is 503 g/mol. The molecule has 7 nitrogen and oxygen atoms in total. The minimum atomic E-state index is -4.97. The molecule has 0 bridgehead atoms. The number of ketones is 1. The SMILES string of the molecule is CC(=O)CSc1ncccc1Oc1cc(-n2c(=O)cc(C(F)(F)F)n(C)c2=O)c(F)cc1Cl. The number of hydrogen-bond acceptors (Lipinski definition) is 6. The Morgan fingerprint density at radius 2 is 1.91 bits per heavy atom. The van der Waals surface area contributed by atoms with E-state index in [1.54, 1.807) is 0 Å². The molecule has 174 valence electrons. The van der Waals surface area contributed by atoms with Crippen LogP contribution in [-0.4, -0.2) is 25.7 Å². The molecule has 0 aliphatic rings. The van der Waals surface area contributed by atoms with E-state index in [1.807, 2.05) is 0 Å². The zero-order chi connectivity index (χ0) is 24.5. The van der Waals surface area contributed by atoms with Gasteiger partial charge in [-0.3, -0.25) is 14.2 Å². The van der Waals surface area contributed by atoms with E-state index in [4.69, 9.17) is 16.3 Å². The molecule has 0 radical (unpaired) electrons. The van der Waals surface area contributed by atoms with Gasteiger partial charge in [0.05, 0.1) is 16.5 Å². The third-order valence-electron chi connectivity index (χ3n) is 4.22. The van der Waals surface area contributed by atoms with Crippen molar-refractivity contribution in [3.05, 3.63) is 73.9 Å². The minimum Gasteiger partial charge on any atom is -0.453 e. The molecule has 0 N–H and O–H groups in total. The van der Waals surface area contributed by atoms with Gasteiger partial charge < -0.3 is 4.74 Å². The molecule has 0 unspecified atom stereocenters. The number of Topliss-reactive ketones (excluding diaryl/α,β-unsaturated/α-hetero) is 1. The van der Waals surface area contributed by atoms with E-state index >= 15 is 0 Å². The Hall–Kier alpha value is -3.12. The van der Waals surface area contributed by atoms with Gasteiger partial charge in [0, 0.05) is 25.4 Å². The number of nitrogens with zero attached hydrogens (tertiary/aromatic N) is 3. The highest BCUT2D eigenvalue weighted by Crippen LogP contribution is 2.36. The highest BCUT2D eigenvalue weighted by molar-refractivity contribution is 8.00. The van der Waals surface area contributed by atoms with Crippen molar-refractivity contribution in [3.63, 3.8) is 0 Å². The smallest absolute Gasteiger partial charge is 0.431 e. The molecule has 13 heteroatoms. The zero-order valence-electron chi connectivity index (χ0n) is 16.9. The predicted octanol–water partition coefficient (Wildman–Crippen LogP) is 4.22. The zero-order valence-corrected chi connectivity index (χ0v) is 18.5. The molecule has 0 saturated heterocycles. The average Bonchev–Trinajstić information content (AvgIpc) is 2.72. The van der Waals surface area contributed by atoms with Crippen LogP contribution in [0.1, 0.15) is 12.6 Å². The largest absolute Gasteiger partial charge is 0.453 e. The van der Waals surface area contributed by atoms with E-state index in [1.165, 1.54) is 25.3 Å². The maximum atomic E-state index is 14.6. The second kappa shape index (κ2) is 9.40. The van der Waals surface area contributed by atoms with E-state index in [-0.39, 0.29) is 43.3 Å². The predicted molar refractivity (Wildman–Crippen MR) is 113 cm³/mol. The Labute approximate surface area is 192 Å². The number of benzene rings is 1. The summed E-state index contributed by atoms with van der Waals surface area (Å²) in [6, 6.07) is 4.89. The molecule has 0 amide bonds. The van der Waals surface area contributed by atoms with Crippen molar-refractivity contribution in [3.8, 4) is 17.2 Å². The third kappa shape index (κ3) is 5.28. The molecule has 33 heavy (non-hydrogen) atoms. The second-order valence-corrected chi connectivity index (χ2v) is 8.05. The quantitative estimate of drug-likeness (QED) is 0.370.